The van der Waals surface area contributed by atoms with E-state index in [1.807, 2.05) is 55.5 Å². The van der Waals surface area contributed by atoms with Crippen molar-refractivity contribution < 1.29 is 9.59 Å². The van der Waals surface area contributed by atoms with E-state index < -0.39 is 5.41 Å². The van der Waals surface area contributed by atoms with Gasteiger partial charge >= 0.3 is 0 Å². The summed E-state index contributed by atoms with van der Waals surface area (Å²) in [7, 11) is 0. The van der Waals surface area contributed by atoms with Crippen molar-refractivity contribution in [2.24, 2.45) is 11.3 Å². The number of anilines is 1. The number of aromatic nitrogens is 1. The minimum absolute atomic E-state index is 0.0503. The van der Waals surface area contributed by atoms with E-state index in [0.717, 1.165) is 16.8 Å². The first kappa shape index (κ1) is 20.2. The summed E-state index contributed by atoms with van der Waals surface area (Å²) in [6.07, 6.45) is 16.0. The van der Waals surface area contributed by atoms with Crippen molar-refractivity contribution >= 4 is 17.5 Å². The van der Waals surface area contributed by atoms with E-state index >= 15 is 0 Å². The van der Waals surface area contributed by atoms with Crippen LogP contribution in [-0.4, -0.2) is 34.8 Å². The number of allylic oxidation sites excluding steroid dienone is 6. The molecule has 0 saturated carbocycles. The molecule has 3 aliphatic rings. The number of nitrogens with one attached hydrogen (secondary N) is 1. The summed E-state index contributed by atoms with van der Waals surface area (Å²) in [4.78, 5) is 31.8. The quantitative estimate of drug-likeness (QED) is 0.548. The molecule has 32 heavy (non-hydrogen) atoms. The molecule has 1 saturated heterocycles. The first-order valence-electron chi connectivity index (χ1n) is 11.0. The number of hydrogen-bond acceptors (Lipinski definition) is 4. The Morgan fingerprint density at radius 3 is 2.12 bits per heavy atom. The highest BCUT2D eigenvalue weighted by molar-refractivity contribution is 6.16. The molecule has 5 heteroatoms. The Bertz CT molecular complexity index is 1130. The van der Waals surface area contributed by atoms with Crippen LogP contribution >= 0.6 is 0 Å². The summed E-state index contributed by atoms with van der Waals surface area (Å²) >= 11 is 0. The molecule has 1 aromatic heterocycles. The van der Waals surface area contributed by atoms with Crippen LogP contribution in [0, 0.1) is 11.3 Å². The third-order valence-corrected chi connectivity index (χ3v) is 6.69. The lowest BCUT2D eigenvalue weighted by atomic mass is 9.60. The third kappa shape index (κ3) is 3.30. The topological polar surface area (TPSA) is 62.3 Å². The summed E-state index contributed by atoms with van der Waals surface area (Å²) < 4.78 is 0. The Labute approximate surface area is 187 Å². The maximum Gasteiger partial charge on any atom is 0.257 e. The lowest BCUT2D eigenvalue weighted by Gasteiger charge is -2.47. The van der Waals surface area contributed by atoms with E-state index in [2.05, 4.69) is 34.6 Å². The number of hydrogen-bond donors (Lipinski definition) is 1. The molecule has 0 spiro atoms. The normalized spacial score (nSPS) is 23.5. The summed E-state index contributed by atoms with van der Waals surface area (Å²) in [6, 6.07) is 12.2. The number of pyridine rings is 1. The highest BCUT2D eigenvalue weighted by Gasteiger charge is 2.52. The summed E-state index contributed by atoms with van der Waals surface area (Å²) in [5.74, 6) is -0.281. The van der Waals surface area contributed by atoms with Crippen LogP contribution in [0.15, 0.2) is 96.4 Å². The molecule has 0 bridgehead atoms. The number of carbonyl (C=O) groups excluding carboxylic acids is 2. The SMILES string of the molecule is CC12C3=CC=CC1C=CC=C2C(=O)N(CCCNc1ccc(-c2ccncc2)cc1)C3=O. The van der Waals surface area contributed by atoms with Gasteiger partial charge in [0.2, 0.25) is 0 Å². The van der Waals surface area contributed by atoms with E-state index in [4.69, 9.17) is 0 Å². The molecule has 0 unspecified atom stereocenters. The van der Waals surface area contributed by atoms with Crippen LogP contribution in [0.4, 0.5) is 5.69 Å². The Kier molecular flexibility index (Phi) is 5.10. The fraction of sp³-hybridized carbons (Fsp3) is 0.222. The van der Waals surface area contributed by atoms with Crippen LogP contribution in [0.5, 0.6) is 0 Å². The molecule has 1 aromatic carbocycles. The Morgan fingerprint density at radius 2 is 1.50 bits per heavy atom. The molecule has 1 fully saturated rings. The number of imide groups is 1. The van der Waals surface area contributed by atoms with Gasteiger partial charge in [0.15, 0.2) is 0 Å². The molecule has 0 atom stereocenters. The van der Waals surface area contributed by atoms with Gasteiger partial charge in [-0.3, -0.25) is 19.5 Å². The second kappa shape index (κ2) is 8.08. The Morgan fingerprint density at radius 1 is 0.906 bits per heavy atom. The molecule has 1 aliphatic heterocycles. The van der Waals surface area contributed by atoms with Crippen molar-refractivity contribution in [3.8, 4) is 11.1 Å². The number of benzene rings is 1. The predicted molar refractivity (Wildman–Crippen MR) is 126 cm³/mol. The largest absolute Gasteiger partial charge is 0.385 e. The lowest BCUT2D eigenvalue weighted by Crippen LogP contribution is -2.54. The van der Waals surface area contributed by atoms with E-state index in [9.17, 15) is 9.59 Å². The van der Waals surface area contributed by atoms with Gasteiger partial charge in [0.05, 0.1) is 0 Å². The van der Waals surface area contributed by atoms with Crippen molar-refractivity contribution in [2.45, 2.75) is 13.3 Å². The molecule has 5 rings (SSSR count). The van der Waals surface area contributed by atoms with Crippen LogP contribution in [0.1, 0.15) is 13.3 Å². The number of rotatable bonds is 6. The second-order valence-electron chi connectivity index (χ2n) is 8.51. The Hall–Kier alpha value is -3.73. The highest BCUT2D eigenvalue weighted by atomic mass is 16.2. The Balaban J connectivity index is 1.22. The smallest absolute Gasteiger partial charge is 0.257 e. The summed E-state index contributed by atoms with van der Waals surface area (Å²) in [6.45, 7) is 3.07. The number of likely N-dealkylation sites (tertiary alicyclic amines) is 1. The summed E-state index contributed by atoms with van der Waals surface area (Å²) in [5, 5.41) is 3.39. The van der Waals surface area contributed by atoms with Gasteiger partial charge in [-0.05, 0) is 41.8 Å². The van der Waals surface area contributed by atoms with Crippen molar-refractivity contribution in [2.75, 3.05) is 18.4 Å². The van der Waals surface area contributed by atoms with Gasteiger partial charge in [-0.2, -0.15) is 0 Å². The van der Waals surface area contributed by atoms with Crippen molar-refractivity contribution in [1.82, 2.24) is 9.88 Å². The minimum atomic E-state index is -0.553. The van der Waals surface area contributed by atoms with Gasteiger partial charge in [-0.15, -0.1) is 0 Å². The van der Waals surface area contributed by atoms with Gasteiger partial charge in [0.25, 0.3) is 11.8 Å². The fourth-order valence-electron chi connectivity index (χ4n) is 4.81. The maximum absolute atomic E-state index is 13.2. The first-order valence-corrected chi connectivity index (χ1v) is 11.0. The number of nitrogens with zero attached hydrogens (tertiary/aromatic N) is 2. The van der Waals surface area contributed by atoms with Crippen LogP contribution in [-0.2, 0) is 9.59 Å². The fourth-order valence-corrected chi connectivity index (χ4v) is 4.81. The van der Waals surface area contributed by atoms with Gasteiger partial charge in [0.1, 0.15) is 0 Å². The molecular weight excluding hydrogens is 398 g/mol. The van der Waals surface area contributed by atoms with Crippen LogP contribution in [0.25, 0.3) is 11.1 Å². The average molecular weight is 424 g/mol. The van der Waals surface area contributed by atoms with E-state index in [-0.39, 0.29) is 17.7 Å². The molecular formula is C27H25N3O2. The predicted octanol–water partition coefficient (Wildman–Crippen LogP) is 4.53. The maximum atomic E-state index is 13.2. The lowest BCUT2D eigenvalue weighted by molar-refractivity contribution is -0.144. The molecule has 2 aromatic rings. The molecule has 2 heterocycles. The zero-order valence-electron chi connectivity index (χ0n) is 18.0. The molecule has 160 valence electrons. The molecule has 5 nitrogen and oxygen atoms in total. The number of amides is 2. The van der Waals surface area contributed by atoms with E-state index in [1.54, 1.807) is 12.4 Å². The monoisotopic (exact) mass is 423 g/mol. The van der Waals surface area contributed by atoms with Crippen LogP contribution in [0.3, 0.4) is 0 Å². The molecule has 2 amide bonds. The van der Waals surface area contributed by atoms with Gasteiger partial charge in [0, 0.05) is 53.6 Å². The van der Waals surface area contributed by atoms with E-state index in [1.165, 1.54) is 4.90 Å². The van der Waals surface area contributed by atoms with E-state index in [0.29, 0.717) is 30.7 Å². The zero-order valence-corrected chi connectivity index (χ0v) is 18.0. The number of carbonyl (C=O) groups is 2. The number of piperidine rings is 1. The zero-order chi connectivity index (χ0) is 22.1. The average Bonchev–Trinajstić information content (AvgIpc) is 2.82. The molecule has 2 aliphatic carbocycles. The van der Waals surface area contributed by atoms with Crippen molar-refractivity contribution in [3.63, 3.8) is 0 Å². The van der Waals surface area contributed by atoms with Crippen LogP contribution < -0.4 is 5.32 Å². The highest BCUT2D eigenvalue weighted by Crippen LogP contribution is 2.51. The first-order chi connectivity index (χ1) is 15.6. The molecule has 0 radical (unpaired) electrons. The minimum Gasteiger partial charge on any atom is -0.385 e. The van der Waals surface area contributed by atoms with Gasteiger partial charge in [-0.1, -0.05) is 55.5 Å². The standard InChI is InChI=1S/C27H25N3O2/c1-27-21-5-2-7-23(27)25(31)30(26(32)24(27)8-3-6-21)18-4-15-29-22-11-9-19(10-12-22)20-13-16-28-17-14-20/h2-3,5-14,16-17,21,29H,4,15,18H2,1H3. The molecule has 1 N–H and O–H groups in total. The van der Waals surface area contributed by atoms with Crippen LogP contribution in [0.2, 0.25) is 0 Å². The van der Waals surface area contributed by atoms with Crippen molar-refractivity contribution in [1.29, 1.82) is 0 Å². The van der Waals surface area contributed by atoms with Gasteiger partial charge < -0.3 is 5.32 Å². The third-order valence-electron chi connectivity index (χ3n) is 6.69. The second-order valence-corrected chi connectivity index (χ2v) is 8.51. The summed E-state index contributed by atoms with van der Waals surface area (Å²) in [5.41, 5.74) is 4.13. The van der Waals surface area contributed by atoms with Gasteiger partial charge in [-0.25, -0.2) is 0 Å². The van der Waals surface area contributed by atoms with Crippen molar-refractivity contribution in [3.05, 3.63) is 96.4 Å².